The summed E-state index contributed by atoms with van der Waals surface area (Å²) in [4.78, 5) is 54.6. The zero-order valence-electron chi connectivity index (χ0n) is 20.1. The molecule has 3 saturated carbocycles. The molecule has 3 rings (SSSR count). The van der Waals surface area contributed by atoms with Crippen molar-refractivity contribution in [3.05, 3.63) is 0 Å². The fraction of sp³-hybridized carbons (Fsp3) is 0.857. The minimum absolute atomic E-state index is 0.524. The van der Waals surface area contributed by atoms with Gasteiger partial charge in [-0.1, -0.05) is 0 Å². The van der Waals surface area contributed by atoms with Gasteiger partial charge in [-0.2, -0.15) is 0 Å². The number of rotatable bonds is 9. The Balaban J connectivity index is 1.68. The number of carbonyl (C=O) groups is 3. The van der Waals surface area contributed by atoms with Crippen LogP contribution in [0.1, 0.15) is 19.3 Å². The van der Waals surface area contributed by atoms with E-state index in [2.05, 4.69) is 0 Å². The third kappa shape index (κ3) is 6.47. The summed E-state index contributed by atoms with van der Waals surface area (Å²) >= 11 is 0. The fourth-order valence-electron chi connectivity index (χ4n) is 5.00. The molecule has 3 unspecified atom stereocenters. The zero-order valence-corrected chi connectivity index (χ0v) is 20.1. The van der Waals surface area contributed by atoms with Crippen LogP contribution in [0, 0.1) is 17.8 Å². The van der Waals surface area contributed by atoms with Gasteiger partial charge in [-0.05, 0) is 19.3 Å². The van der Waals surface area contributed by atoms with Crippen LogP contribution in [0.5, 0.6) is 0 Å². The van der Waals surface area contributed by atoms with E-state index >= 15 is 0 Å². The molecule has 0 aromatic rings. The van der Waals surface area contributed by atoms with Gasteiger partial charge in [-0.3, -0.25) is 14.4 Å². The molecule has 0 aromatic heterocycles. The monoisotopic (exact) mass is 572 g/mol. The smallest absolute Gasteiger partial charge is 0.309 e. The van der Waals surface area contributed by atoms with Crippen LogP contribution < -0.4 is 0 Å². The van der Waals surface area contributed by atoms with E-state index in [4.69, 9.17) is 19.6 Å². The van der Waals surface area contributed by atoms with Crippen LogP contribution in [-0.2, 0) is 33.9 Å². The molecular weight excluding hydrogens is 540 g/mol. The molecule has 224 valence electrons. The Morgan fingerprint density at radius 2 is 0.821 bits per heavy atom. The molecule has 15 atom stereocenters. The van der Waals surface area contributed by atoms with Crippen molar-refractivity contribution < 1.29 is 90.1 Å². The summed E-state index contributed by atoms with van der Waals surface area (Å²) in [5, 5.41) is 109. The number of carboxylic acids is 3. The number of carboxylic acid groups (broad SMARTS) is 3. The molecule has 0 radical (unpaired) electrons. The van der Waals surface area contributed by atoms with E-state index in [0.29, 0.717) is 0 Å². The van der Waals surface area contributed by atoms with Gasteiger partial charge in [0.15, 0.2) is 0 Å². The van der Waals surface area contributed by atoms with Gasteiger partial charge >= 0.3 is 17.9 Å². The lowest BCUT2D eigenvalue weighted by Crippen LogP contribution is -2.60. The maximum Gasteiger partial charge on any atom is 0.309 e. The van der Waals surface area contributed by atoms with E-state index in [-0.39, 0.29) is 0 Å². The van der Waals surface area contributed by atoms with Crippen molar-refractivity contribution in [3.63, 3.8) is 0 Å². The van der Waals surface area contributed by atoms with Crippen molar-refractivity contribution >= 4 is 17.9 Å². The molecule has 0 spiro atoms. The minimum atomic E-state index is -2.07. The van der Waals surface area contributed by atoms with Gasteiger partial charge in [-0.15, -0.1) is 0 Å². The lowest BCUT2D eigenvalue weighted by Gasteiger charge is -2.42. The molecule has 18 heteroatoms. The molecule has 3 fully saturated rings. The van der Waals surface area contributed by atoms with Crippen molar-refractivity contribution in [3.8, 4) is 0 Å². The Kier molecular flexibility index (Phi) is 10.2. The summed E-state index contributed by atoms with van der Waals surface area (Å²) in [5.41, 5.74) is 0. The van der Waals surface area contributed by atoms with Gasteiger partial charge in [-0.25, -0.2) is 19.6 Å². The summed E-state index contributed by atoms with van der Waals surface area (Å²) in [6.07, 6.45) is -23.5. The highest BCUT2D eigenvalue weighted by atomic mass is 17.2. The largest absolute Gasteiger partial charge is 0.481 e. The quantitative estimate of drug-likeness (QED) is 0.0906. The van der Waals surface area contributed by atoms with E-state index in [0.717, 1.165) is 0 Å². The maximum atomic E-state index is 11.9. The molecular formula is C21H32O18. The highest BCUT2D eigenvalue weighted by molar-refractivity contribution is 5.72. The third-order valence-electron chi connectivity index (χ3n) is 7.43. The van der Waals surface area contributed by atoms with Crippen LogP contribution in [0.4, 0.5) is 0 Å². The van der Waals surface area contributed by atoms with E-state index in [1.807, 2.05) is 0 Å². The second kappa shape index (κ2) is 12.6. The van der Waals surface area contributed by atoms with E-state index in [1.54, 1.807) is 0 Å². The number of aliphatic carboxylic acids is 3. The fourth-order valence-corrected chi connectivity index (χ4v) is 5.00. The van der Waals surface area contributed by atoms with E-state index in [1.165, 1.54) is 0 Å². The Hall–Kier alpha value is -2.07. The number of hydrogen-bond acceptors (Lipinski definition) is 15. The summed E-state index contributed by atoms with van der Waals surface area (Å²) in [5.74, 6) is -9.45. The standard InChI is InChI=1S/C21H32O18/c22-7-1-5(20(32)33)17(15(28)11(7)24)38-37-9-3-6(21(34)35)18(16(29)13(9)26)39-36-8-2-4(19(30)31)10(23)14(27)12(8)25/h4-18,22-29H,1-3H2,(H,30,31)(H,32,33)(H,34,35)/t4?,5?,6?,7-,8-,9-,10-,11+,12+,13+,14+,15-,16-,17-,18-/m0/s1. The summed E-state index contributed by atoms with van der Waals surface area (Å²) in [6.45, 7) is 0. The highest BCUT2D eigenvalue weighted by Gasteiger charge is 2.53. The Morgan fingerprint density at radius 1 is 0.436 bits per heavy atom. The molecule has 0 saturated heterocycles. The Morgan fingerprint density at radius 3 is 1.28 bits per heavy atom. The van der Waals surface area contributed by atoms with Crippen molar-refractivity contribution in [1.82, 2.24) is 0 Å². The second-order valence-electron chi connectivity index (χ2n) is 9.93. The maximum absolute atomic E-state index is 11.9. The molecule has 0 amide bonds. The average Bonchev–Trinajstić information content (AvgIpc) is 2.87. The first-order chi connectivity index (χ1) is 18.2. The summed E-state index contributed by atoms with van der Waals surface area (Å²) in [6, 6.07) is 0. The van der Waals surface area contributed by atoms with Crippen molar-refractivity contribution in [2.45, 2.75) is 92.5 Å². The first-order valence-corrected chi connectivity index (χ1v) is 11.9. The van der Waals surface area contributed by atoms with E-state index < -0.39 is 128 Å². The van der Waals surface area contributed by atoms with Gasteiger partial charge < -0.3 is 56.2 Å². The number of aliphatic hydroxyl groups excluding tert-OH is 8. The Bertz CT molecular complexity index is 885. The van der Waals surface area contributed by atoms with Crippen LogP contribution >= 0.6 is 0 Å². The lowest BCUT2D eigenvalue weighted by atomic mass is 9.80. The van der Waals surface area contributed by atoms with Gasteiger partial charge in [0.1, 0.15) is 61.0 Å². The molecule has 3 aliphatic rings. The van der Waals surface area contributed by atoms with Gasteiger partial charge in [0.2, 0.25) is 0 Å². The van der Waals surface area contributed by atoms with Crippen LogP contribution in [-0.4, -0.2) is 147 Å². The number of aliphatic hydroxyl groups is 8. The minimum Gasteiger partial charge on any atom is -0.481 e. The van der Waals surface area contributed by atoms with Crippen molar-refractivity contribution in [1.29, 1.82) is 0 Å². The molecule has 0 aliphatic heterocycles. The van der Waals surface area contributed by atoms with Crippen LogP contribution in [0.3, 0.4) is 0 Å². The van der Waals surface area contributed by atoms with E-state index in [9.17, 15) is 70.6 Å². The normalized spacial score (nSPS) is 46.9. The first-order valence-electron chi connectivity index (χ1n) is 11.9. The highest BCUT2D eigenvalue weighted by Crippen LogP contribution is 2.35. The van der Waals surface area contributed by atoms with Crippen LogP contribution in [0.25, 0.3) is 0 Å². The molecule has 0 heterocycles. The molecule has 18 nitrogen and oxygen atoms in total. The summed E-state index contributed by atoms with van der Waals surface area (Å²) < 4.78 is 0. The Labute approximate surface area is 219 Å². The van der Waals surface area contributed by atoms with Gasteiger partial charge in [0.25, 0.3) is 0 Å². The average molecular weight is 572 g/mol. The number of hydrogen-bond donors (Lipinski definition) is 11. The SMILES string of the molecule is O=C(O)C1C[C@H](OO[C@H]2C(C(=O)O)C[C@H](OO[C@H]3C(C(=O)O)C[C@H](O)[C@@H](O)[C@@H]3O)[C@@H](O)[C@@H]2O)[C@@H](O)[C@H](O)[C@H]1O. The van der Waals surface area contributed by atoms with Crippen LogP contribution in [0.2, 0.25) is 0 Å². The van der Waals surface area contributed by atoms with Gasteiger partial charge in [0, 0.05) is 0 Å². The van der Waals surface area contributed by atoms with Gasteiger partial charge in [0.05, 0.1) is 30.0 Å². The lowest BCUT2D eigenvalue weighted by molar-refractivity contribution is -0.423. The second-order valence-corrected chi connectivity index (χ2v) is 9.93. The molecule has 0 bridgehead atoms. The van der Waals surface area contributed by atoms with Crippen molar-refractivity contribution in [2.75, 3.05) is 0 Å². The molecule has 3 aliphatic carbocycles. The molecule has 0 aromatic carbocycles. The van der Waals surface area contributed by atoms with Crippen LogP contribution in [0.15, 0.2) is 0 Å². The third-order valence-corrected chi connectivity index (χ3v) is 7.43. The molecule has 11 N–H and O–H groups in total. The zero-order chi connectivity index (χ0) is 29.3. The topological polar surface area (TPSA) is 311 Å². The first kappa shape index (κ1) is 31.5. The predicted octanol–water partition coefficient (Wildman–Crippen LogP) is -5.44. The summed E-state index contributed by atoms with van der Waals surface area (Å²) in [7, 11) is 0. The predicted molar refractivity (Wildman–Crippen MR) is 115 cm³/mol. The van der Waals surface area contributed by atoms with Crippen molar-refractivity contribution in [2.24, 2.45) is 17.8 Å². The molecule has 39 heavy (non-hydrogen) atoms.